The fourth-order valence-corrected chi connectivity index (χ4v) is 2.56. The van der Waals surface area contributed by atoms with Crippen molar-refractivity contribution in [3.05, 3.63) is 17.6 Å². The van der Waals surface area contributed by atoms with E-state index in [1.165, 1.54) is 0 Å². The standard InChI is InChI=1S/C16H26N4O/c1-11-9-14(18-12(2)17-11)20-8-6-7-13(10-20)19-15(21)16(3,4)5/h9,13H,6-8,10H2,1-5H3,(H,19,21). The predicted octanol–water partition coefficient (Wildman–Crippen LogP) is 2.22. The molecule has 2 heterocycles. The Morgan fingerprint density at radius 2 is 2.05 bits per heavy atom. The smallest absolute Gasteiger partial charge is 0.225 e. The minimum Gasteiger partial charge on any atom is -0.354 e. The van der Waals surface area contributed by atoms with Crippen molar-refractivity contribution in [3.8, 4) is 0 Å². The molecule has 1 amide bonds. The average Bonchev–Trinajstić information content (AvgIpc) is 2.36. The van der Waals surface area contributed by atoms with Gasteiger partial charge in [-0.25, -0.2) is 9.97 Å². The van der Waals surface area contributed by atoms with Gasteiger partial charge >= 0.3 is 0 Å². The minimum absolute atomic E-state index is 0.115. The summed E-state index contributed by atoms with van der Waals surface area (Å²) in [5.74, 6) is 1.88. The van der Waals surface area contributed by atoms with Gasteiger partial charge in [0.25, 0.3) is 0 Å². The highest BCUT2D eigenvalue weighted by Crippen LogP contribution is 2.20. The van der Waals surface area contributed by atoms with Gasteiger partial charge < -0.3 is 10.2 Å². The number of piperidine rings is 1. The van der Waals surface area contributed by atoms with Crippen molar-refractivity contribution in [1.29, 1.82) is 0 Å². The molecule has 1 aliphatic heterocycles. The molecule has 1 atom stereocenters. The number of carbonyl (C=O) groups is 1. The van der Waals surface area contributed by atoms with Crippen LogP contribution in [-0.2, 0) is 4.79 Å². The van der Waals surface area contributed by atoms with E-state index in [4.69, 9.17) is 0 Å². The van der Waals surface area contributed by atoms with E-state index >= 15 is 0 Å². The second-order valence-corrected chi connectivity index (χ2v) is 6.92. The maximum absolute atomic E-state index is 12.1. The van der Waals surface area contributed by atoms with Crippen LogP contribution in [0.4, 0.5) is 5.82 Å². The Labute approximate surface area is 127 Å². The van der Waals surface area contributed by atoms with E-state index in [0.717, 1.165) is 43.3 Å². The molecule has 0 radical (unpaired) electrons. The summed E-state index contributed by atoms with van der Waals surface area (Å²) in [7, 11) is 0. The highest BCUT2D eigenvalue weighted by atomic mass is 16.2. The third-order valence-electron chi connectivity index (χ3n) is 3.71. The van der Waals surface area contributed by atoms with E-state index in [0.29, 0.717) is 0 Å². The molecule has 1 N–H and O–H groups in total. The molecule has 0 spiro atoms. The summed E-state index contributed by atoms with van der Waals surface area (Å²) in [5.41, 5.74) is 0.642. The van der Waals surface area contributed by atoms with Gasteiger partial charge in [0, 0.05) is 36.3 Å². The molecule has 5 nitrogen and oxygen atoms in total. The number of nitrogens with one attached hydrogen (secondary N) is 1. The molecule has 2 rings (SSSR count). The van der Waals surface area contributed by atoms with Crippen molar-refractivity contribution in [1.82, 2.24) is 15.3 Å². The van der Waals surface area contributed by atoms with Crippen LogP contribution in [0.25, 0.3) is 0 Å². The Morgan fingerprint density at radius 1 is 1.33 bits per heavy atom. The summed E-state index contributed by atoms with van der Waals surface area (Å²) in [6.07, 6.45) is 2.10. The first kappa shape index (κ1) is 15.7. The molecule has 116 valence electrons. The van der Waals surface area contributed by atoms with Gasteiger partial charge in [-0.3, -0.25) is 4.79 Å². The van der Waals surface area contributed by atoms with E-state index in [-0.39, 0.29) is 17.4 Å². The van der Waals surface area contributed by atoms with Crippen LogP contribution < -0.4 is 10.2 Å². The predicted molar refractivity (Wildman–Crippen MR) is 84.3 cm³/mol. The molecule has 0 bridgehead atoms. The highest BCUT2D eigenvalue weighted by molar-refractivity contribution is 5.81. The van der Waals surface area contributed by atoms with Crippen molar-refractivity contribution in [2.24, 2.45) is 5.41 Å². The number of hydrogen-bond acceptors (Lipinski definition) is 4. The number of carbonyl (C=O) groups excluding carboxylic acids is 1. The summed E-state index contributed by atoms with van der Waals surface area (Å²) in [4.78, 5) is 23.2. The van der Waals surface area contributed by atoms with E-state index < -0.39 is 0 Å². The van der Waals surface area contributed by atoms with Crippen LogP contribution in [0.15, 0.2) is 6.07 Å². The monoisotopic (exact) mass is 290 g/mol. The molecule has 0 saturated carbocycles. The molecule has 21 heavy (non-hydrogen) atoms. The fraction of sp³-hybridized carbons (Fsp3) is 0.688. The molecule has 1 aromatic heterocycles. The van der Waals surface area contributed by atoms with Crippen molar-refractivity contribution >= 4 is 11.7 Å². The maximum Gasteiger partial charge on any atom is 0.225 e. The van der Waals surface area contributed by atoms with Gasteiger partial charge in [0.15, 0.2) is 0 Å². The Kier molecular flexibility index (Phi) is 4.49. The lowest BCUT2D eigenvalue weighted by Gasteiger charge is -2.35. The maximum atomic E-state index is 12.1. The van der Waals surface area contributed by atoms with Crippen LogP contribution in [-0.4, -0.2) is 35.0 Å². The zero-order valence-corrected chi connectivity index (χ0v) is 13.7. The molecular weight excluding hydrogens is 264 g/mol. The van der Waals surface area contributed by atoms with Gasteiger partial charge in [-0.2, -0.15) is 0 Å². The first-order valence-corrected chi connectivity index (χ1v) is 7.64. The number of rotatable bonds is 2. The Balaban J connectivity index is 2.05. The molecule has 1 aliphatic rings. The average molecular weight is 290 g/mol. The van der Waals surface area contributed by atoms with Gasteiger partial charge in [-0.15, -0.1) is 0 Å². The topological polar surface area (TPSA) is 58.1 Å². The third-order valence-corrected chi connectivity index (χ3v) is 3.71. The van der Waals surface area contributed by atoms with Crippen LogP contribution in [0.5, 0.6) is 0 Å². The largest absolute Gasteiger partial charge is 0.354 e. The van der Waals surface area contributed by atoms with Gasteiger partial charge in [-0.1, -0.05) is 20.8 Å². The van der Waals surface area contributed by atoms with Crippen LogP contribution >= 0.6 is 0 Å². The van der Waals surface area contributed by atoms with E-state index in [9.17, 15) is 4.79 Å². The molecule has 5 heteroatoms. The van der Waals surface area contributed by atoms with Gasteiger partial charge in [0.1, 0.15) is 11.6 Å². The molecule has 1 fully saturated rings. The van der Waals surface area contributed by atoms with E-state index in [1.54, 1.807) is 0 Å². The van der Waals surface area contributed by atoms with Crippen LogP contribution in [0, 0.1) is 19.3 Å². The second kappa shape index (κ2) is 6.00. The minimum atomic E-state index is -0.343. The number of anilines is 1. The summed E-state index contributed by atoms with van der Waals surface area (Å²) >= 11 is 0. The first-order valence-electron chi connectivity index (χ1n) is 7.64. The fourth-order valence-electron chi connectivity index (χ4n) is 2.56. The van der Waals surface area contributed by atoms with E-state index in [2.05, 4.69) is 20.2 Å². The highest BCUT2D eigenvalue weighted by Gasteiger charge is 2.27. The Morgan fingerprint density at radius 3 is 2.67 bits per heavy atom. The third kappa shape index (κ3) is 4.16. The Bertz CT molecular complexity index is 501. The molecular formula is C16H26N4O. The lowest BCUT2D eigenvalue weighted by molar-refractivity contribution is -0.129. The SMILES string of the molecule is Cc1cc(N2CCCC(NC(=O)C(C)(C)C)C2)nc(C)n1. The van der Waals surface area contributed by atoms with Crippen molar-refractivity contribution in [2.45, 2.75) is 53.5 Å². The summed E-state index contributed by atoms with van der Waals surface area (Å²) < 4.78 is 0. The van der Waals surface area contributed by atoms with Crippen LogP contribution in [0.1, 0.15) is 45.1 Å². The quantitative estimate of drug-likeness (QED) is 0.907. The van der Waals surface area contributed by atoms with Gasteiger partial charge in [0.2, 0.25) is 5.91 Å². The van der Waals surface area contributed by atoms with Gasteiger partial charge in [0.05, 0.1) is 0 Å². The number of nitrogens with zero attached hydrogens (tertiary/aromatic N) is 3. The molecule has 1 aromatic rings. The lowest BCUT2D eigenvalue weighted by atomic mass is 9.94. The zero-order valence-electron chi connectivity index (χ0n) is 13.7. The molecule has 1 saturated heterocycles. The zero-order chi connectivity index (χ0) is 15.6. The van der Waals surface area contributed by atoms with Crippen molar-refractivity contribution in [2.75, 3.05) is 18.0 Å². The summed E-state index contributed by atoms with van der Waals surface area (Å²) in [5, 5.41) is 3.16. The van der Waals surface area contributed by atoms with Crippen LogP contribution in [0.2, 0.25) is 0 Å². The van der Waals surface area contributed by atoms with Crippen molar-refractivity contribution < 1.29 is 4.79 Å². The van der Waals surface area contributed by atoms with Gasteiger partial charge in [-0.05, 0) is 26.7 Å². The number of aryl methyl sites for hydroxylation is 2. The Hall–Kier alpha value is -1.65. The molecule has 0 aliphatic carbocycles. The lowest BCUT2D eigenvalue weighted by Crippen LogP contribution is -2.50. The number of hydrogen-bond donors (Lipinski definition) is 1. The number of aromatic nitrogens is 2. The number of amides is 1. The molecule has 1 unspecified atom stereocenters. The second-order valence-electron chi connectivity index (χ2n) is 6.92. The van der Waals surface area contributed by atoms with E-state index in [1.807, 2.05) is 40.7 Å². The first-order chi connectivity index (χ1) is 9.75. The normalized spacial score (nSPS) is 19.5. The molecule has 0 aromatic carbocycles. The summed E-state index contributed by atoms with van der Waals surface area (Å²) in [6, 6.07) is 2.21. The summed E-state index contributed by atoms with van der Waals surface area (Å²) in [6.45, 7) is 11.5. The van der Waals surface area contributed by atoms with Crippen molar-refractivity contribution in [3.63, 3.8) is 0 Å². The van der Waals surface area contributed by atoms with Crippen LogP contribution in [0.3, 0.4) is 0 Å².